The zero-order valence-corrected chi connectivity index (χ0v) is 15.6. The van der Waals surface area contributed by atoms with Crippen molar-refractivity contribution in [3.8, 4) is 0 Å². The molecule has 1 spiro atoms. The molecule has 0 aromatic carbocycles. The summed E-state index contributed by atoms with van der Waals surface area (Å²) in [6.45, 7) is 9.86. The summed E-state index contributed by atoms with van der Waals surface area (Å²) in [5.41, 5.74) is -0.409. The first kappa shape index (κ1) is 19.9. The van der Waals surface area contributed by atoms with Gasteiger partial charge in [-0.05, 0) is 39.5 Å². The summed E-state index contributed by atoms with van der Waals surface area (Å²) >= 11 is 0. The highest BCUT2D eigenvalue weighted by Crippen LogP contribution is 2.39. The minimum atomic E-state index is -0.474. The number of aliphatic hydroxyl groups excluding tert-OH is 1. The van der Waals surface area contributed by atoms with Crippen molar-refractivity contribution in [2.45, 2.75) is 58.2 Å². The number of carbonyl (C=O) groups is 2. The van der Waals surface area contributed by atoms with Crippen LogP contribution >= 0.6 is 0 Å². The van der Waals surface area contributed by atoms with Crippen LogP contribution in [0.25, 0.3) is 0 Å². The molecule has 2 amide bonds. The molecule has 0 saturated carbocycles. The number of hydrogen-bond donors (Lipinski definition) is 1. The Bertz CT molecular complexity index is 494. The van der Waals surface area contributed by atoms with Crippen LogP contribution < -0.4 is 0 Å². The van der Waals surface area contributed by atoms with Crippen LogP contribution in [0.4, 0.5) is 0 Å². The molecule has 1 N–H and O–H groups in total. The van der Waals surface area contributed by atoms with E-state index >= 15 is 0 Å². The lowest BCUT2D eigenvalue weighted by Gasteiger charge is -2.51. The van der Waals surface area contributed by atoms with Gasteiger partial charge >= 0.3 is 0 Å². The maximum absolute atomic E-state index is 12.4. The molecule has 0 bridgehead atoms. The van der Waals surface area contributed by atoms with E-state index in [1.54, 1.807) is 11.0 Å². The Morgan fingerprint density at radius 3 is 2.60 bits per heavy atom. The van der Waals surface area contributed by atoms with Gasteiger partial charge in [-0.15, -0.1) is 6.58 Å². The lowest BCUT2D eigenvalue weighted by atomic mass is 9.71. The predicted molar refractivity (Wildman–Crippen MR) is 96.0 cm³/mol. The number of allylic oxidation sites excluding steroid dienone is 1. The highest BCUT2D eigenvalue weighted by Gasteiger charge is 2.47. The highest BCUT2D eigenvalue weighted by molar-refractivity contribution is 5.78. The maximum atomic E-state index is 12.4. The zero-order chi connectivity index (χ0) is 18.4. The van der Waals surface area contributed by atoms with Crippen molar-refractivity contribution < 1.29 is 19.4 Å². The highest BCUT2D eigenvalue weighted by atomic mass is 16.5. The second-order valence-electron chi connectivity index (χ2n) is 7.59. The molecular weight excluding hydrogens is 320 g/mol. The van der Waals surface area contributed by atoms with Gasteiger partial charge in [-0.2, -0.15) is 0 Å². The topological polar surface area (TPSA) is 70.1 Å². The summed E-state index contributed by atoms with van der Waals surface area (Å²) in [6, 6.07) is 0. The average molecular weight is 352 g/mol. The quantitative estimate of drug-likeness (QED) is 0.737. The number of likely N-dealkylation sites (tertiary alicyclic amines) is 2. The van der Waals surface area contributed by atoms with Crippen molar-refractivity contribution in [1.29, 1.82) is 0 Å². The molecule has 0 aromatic heterocycles. The molecule has 0 aliphatic carbocycles. The Kier molecular flexibility index (Phi) is 7.02. The van der Waals surface area contributed by atoms with E-state index in [4.69, 9.17) is 4.74 Å². The number of amides is 2. The lowest BCUT2D eigenvalue weighted by molar-refractivity contribution is -0.152. The summed E-state index contributed by atoms with van der Waals surface area (Å²) in [5.74, 6) is 0.0767. The minimum Gasteiger partial charge on any atom is -0.392 e. The van der Waals surface area contributed by atoms with Crippen molar-refractivity contribution in [3.63, 3.8) is 0 Å². The summed E-state index contributed by atoms with van der Waals surface area (Å²) in [5, 5.41) is 10.7. The van der Waals surface area contributed by atoms with Crippen LogP contribution in [0.5, 0.6) is 0 Å². The number of hydrogen-bond acceptors (Lipinski definition) is 4. The summed E-state index contributed by atoms with van der Waals surface area (Å²) < 4.78 is 5.44. The van der Waals surface area contributed by atoms with Gasteiger partial charge in [0.25, 0.3) is 0 Å². The number of piperidine rings is 2. The molecule has 25 heavy (non-hydrogen) atoms. The van der Waals surface area contributed by atoms with Crippen molar-refractivity contribution in [1.82, 2.24) is 9.80 Å². The zero-order valence-electron chi connectivity index (χ0n) is 15.6. The largest absolute Gasteiger partial charge is 0.392 e. The first-order chi connectivity index (χ1) is 11.9. The molecule has 2 aliphatic rings. The van der Waals surface area contributed by atoms with Crippen molar-refractivity contribution in [2.75, 3.05) is 32.8 Å². The Balaban J connectivity index is 2.02. The monoisotopic (exact) mass is 352 g/mol. The van der Waals surface area contributed by atoms with Crippen LogP contribution in [-0.4, -0.2) is 71.7 Å². The Morgan fingerprint density at radius 2 is 1.96 bits per heavy atom. The molecule has 0 unspecified atom stereocenters. The molecule has 2 rings (SSSR count). The molecule has 2 atom stereocenters. The fourth-order valence-corrected chi connectivity index (χ4v) is 3.85. The van der Waals surface area contributed by atoms with E-state index in [0.717, 1.165) is 12.8 Å². The van der Waals surface area contributed by atoms with E-state index in [1.807, 2.05) is 18.7 Å². The normalized spacial score (nSPS) is 27.0. The third-order valence-corrected chi connectivity index (χ3v) is 5.30. The van der Waals surface area contributed by atoms with Gasteiger partial charge in [-0.1, -0.05) is 6.08 Å². The van der Waals surface area contributed by atoms with Gasteiger partial charge in [0.2, 0.25) is 11.8 Å². The predicted octanol–water partition coefficient (Wildman–Crippen LogP) is 1.58. The van der Waals surface area contributed by atoms with Gasteiger partial charge in [0.05, 0.1) is 12.2 Å². The van der Waals surface area contributed by atoms with E-state index in [2.05, 4.69) is 6.58 Å². The van der Waals surface area contributed by atoms with Crippen LogP contribution in [0.1, 0.15) is 46.0 Å². The molecular formula is C19H32N2O4. The fraction of sp³-hybridized carbons (Fsp3) is 0.789. The van der Waals surface area contributed by atoms with Crippen molar-refractivity contribution in [2.24, 2.45) is 5.41 Å². The Hall–Kier alpha value is -1.40. The number of nitrogens with zero attached hydrogens (tertiary/aromatic N) is 2. The van der Waals surface area contributed by atoms with E-state index < -0.39 is 11.5 Å². The minimum absolute atomic E-state index is 0.0148. The van der Waals surface area contributed by atoms with Crippen LogP contribution in [-0.2, 0) is 14.3 Å². The van der Waals surface area contributed by atoms with E-state index in [-0.39, 0.29) is 24.5 Å². The standard InChI is InChI=1S/C19H32N2O4/c1-4-5-7-17(23)21-11-8-16(22)19(14-21)9-6-10-20(13-19)18(24)12-25-15(2)3/h4,15-16,22H,1,5-14H2,2-3H3/t16-,19+/m1/s1. The summed E-state index contributed by atoms with van der Waals surface area (Å²) in [7, 11) is 0. The van der Waals surface area contributed by atoms with Gasteiger partial charge < -0.3 is 19.6 Å². The molecule has 6 nitrogen and oxygen atoms in total. The Labute approximate surface area is 150 Å². The van der Waals surface area contributed by atoms with E-state index in [1.165, 1.54) is 0 Å². The molecule has 0 radical (unpaired) electrons. The SMILES string of the molecule is C=CCCC(=O)N1CC[C@@H](O)[C@]2(CCCN(C(=O)COC(C)C)C2)C1. The first-order valence-electron chi connectivity index (χ1n) is 9.34. The second kappa shape index (κ2) is 8.81. The maximum Gasteiger partial charge on any atom is 0.248 e. The third kappa shape index (κ3) is 5.05. The smallest absolute Gasteiger partial charge is 0.248 e. The molecule has 0 aromatic rings. The average Bonchev–Trinajstić information content (AvgIpc) is 2.60. The number of carbonyl (C=O) groups excluding carboxylic acids is 2. The van der Waals surface area contributed by atoms with Gasteiger partial charge in [0.1, 0.15) is 6.61 Å². The number of ether oxygens (including phenoxy) is 1. The van der Waals surface area contributed by atoms with Crippen LogP contribution in [0, 0.1) is 5.41 Å². The van der Waals surface area contributed by atoms with Crippen LogP contribution in [0.2, 0.25) is 0 Å². The summed E-state index contributed by atoms with van der Waals surface area (Å²) in [4.78, 5) is 28.5. The Morgan fingerprint density at radius 1 is 1.28 bits per heavy atom. The lowest BCUT2D eigenvalue weighted by Crippen LogP contribution is -2.61. The van der Waals surface area contributed by atoms with Gasteiger partial charge in [0.15, 0.2) is 0 Å². The van der Waals surface area contributed by atoms with Crippen LogP contribution in [0.3, 0.4) is 0 Å². The molecule has 2 heterocycles. The molecule has 2 aliphatic heterocycles. The first-order valence-corrected chi connectivity index (χ1v) is 9.34. The molecule has 2 saturated heterocycles. The van der Waals surface area contributed by atoms with Gasteiger partial charge in [0, 0.05) is 38.0 Å². The molecule has 142 valence electrons. The number of rotatable bonds is 6. The van der Waals surface area contributed by atoms with Crippen molar-refractivity contribution in [3.05, 3.63) is 12.7 Å². The summed E-state index contributed by atoms with van der Waals surface area (Å²) in [6.07, 6.45) is 4.68. The van der Waals surface area contributed by atoms with Crippen LogP contribution in [0.15, 0.2) is 12.7 Å². The van der Waals surface area contributed by atoms with Gasteiger partial charge in [-0.25, -0.2) is 0 Å². The van der Waals surface area contributed by atoms with E-state index in [0.29, 0.717) is 45.4 Å². The van der Waals surface area contributed by atoms with Gasteiger partial charge in [-0.3, -0.25) is 9.59 Å². The number of aliphatic hydroxyl groups is 1. The second-order valence-corrected chi connectivity index (χ2v) is 7.59. The molecule has 6 heteroatoms. The van der Waals surface area contributed by atoms with Crippen molar-refractivity contribution >= 4 is 11.8 Å². The molecule has 2 fully saturated rings. The third-order valence-electron chi connectivity index (χ3n) is 5.30. The fourth-order valence-electron chi connectivity index (χ4n) is 3.85. The van der Waals surface area contributed by atoms with E-state index in [9.17, 15) is 14.7 Å².